The number of halogens is 1. The molecule has 0 unspecified atom stereocenters. The van der Waals surface area contributed by atoms with Gasteiger partial charge in [0.1, 0.15) is 0 Å². The number of amides is 1. The third-order valence-corrected chi connectivity index (χ3v) is 3.69. The first kappa shape index (κ1) is 20.2. The zero-order chi connectivity index (χ0) is 19.8. The quantitative estimate of drug-likeness (QED) is 0.422. The number of hydrogen-bond acceptors (Lipinski definition) is 6. The predicted molar refractivity (Wildman–Crippen MR) is 102 cm³/mol. The molecule has 142 valence electrons. The van der Waals surface area contributed by atoms with E-state index in [0.29, 0.717) is 17.2 Å². The van der Waals surface area contributed by atoms with Gasteiger partial charge in [-0.25, -0.2) is 5.43 Å². The van der Waals surface area contributed by atoms with E-state index in [2.05, 4.69) is 10.5 Å². The fraction of sp³-hybridized carbons (Fsp3) is 0.222. The smallest absolute Gasteiger partial charge is 0.315 e. The van der Waals surface area contributed by atoms with Crippen molar-refractivity contribution in [1.29, 1.82) is 0 Å². The summed E-state index contributed by atoms with van der Waals surface area (Å²) in [5, 5.41) is 15.7. The lowest BCUT2D eigenvalue weighted by Crippen LogP contribution is -2.19. The molecule has 0 aliphatic carbocycles. The van der Waals surface area contributed by atoms with Gasteiger partial charge in [0.25, 0.3) is 0 Å². The standard InChI is InChI=1S/C18H18ClN3O5/c1-3-27-16-9-13(8-15(22(24)25)18(16)26-2)11-20-21-17(23)10-12-4-6-14(19)7-5-12/h4-9,11H,3,10H2,1-2H3,(H,21,23)/b20-11-. The second kappa shape index (κ2) is 9.54. The molecule has 0 aliphatic rings. The van der Waals surface area contributed by atoms with Gasteiger partial charge >= 0.3 is 5.69 Å². The highest BCUT2D eigenvalue weighted by atomic mass is 35.5. The van der Waals surface area contributed by atoms with Crippen LogP contribution in [-0.2, 0) is 11.2 Å². The van der Waals surface area contributed by atoms with E-state index < -0.39 is 4.92 Å². The van der Waals surface area contributed by atoms with Crippen LogP contribution in [0.15, 0.2) is 41.5 Å². The van der Waals surface area contributed by atoms with Crippen LogP contribution in [0.3, 0.4) is 0 Å². The number of nitrogens with zero attached hydrogens (tertiary/aromatic N) is 2. The van der Waals surface area contributed by atoms with E-state index in [-0.39, 0.29) is 29.5 Å². The molecule has 2 aromatic rings. The number of methoxy groups -OCH3 is 1. The SMILES string of the molecule is CCOc1cc(/C=N\NC(=O)Cc2ccc(Cl)cc2)cc([N+](=O)[O-])c1OC. The highest BCUT2D eigenvalue weighted by molar-refractivity contribution is 6.30. The number of carbonyl (C=O) groups is 1. The molecule has 0 aliphatic heterocycles. The molecule has 0 spiro atoms. The maximum atomic E-state index is 11.9. The van der Waals surface area contributed by atoms with Crippen LogP contribution in [0.2, 0.25) is 5.02 Å². The van der Waals surface area contributed by atoms with E-state index in [4.69, 9.17) is 21.1 Å². The van der Waals surface area contributed by atoms with Crippen LogP contribution >= 0.6 is 11.6 Å². The fourth-order valence-electron chi connectivity index (χ4n) is 2.29. The number of carbonyl (C=O) groups excluding carboxylic acids is 1. The molecule has 0 aromatic heterocycles. The lowest BCUT2D eigenvalue weighted by atomic mass is 10.1. The van der Waals surface area contributed by atoms with Gasteiger partial charge in [-0.2, -0.15) is 5.10 Å². The number of hydrogen-bond donors (Lipinski definition) is 1. The Hall–Kier alpha value is -3.13. The van der Waals surface area contributed by atoms with Crippen LogP contribution in [-0.4, -0.2) is 30.8 Å². The Balaban J connectivity index is 2.12. The highest BCUT2D eigenvalue weighted by Crippen LogP contribution is 2.37. The minimum atomic E-state index is -0.572. The average molecular weight is 392 g/mol. The Morgan fingerprint density at radius 2 is 2.04 bits per heavy atom. The van der Waals surface area contributed by atoms with E-state index in [9.17, 15) is 14.9 Å². The Labute approximate surface area is 160 Å². The molecule has 0 saturated carbocycles. The number of nitro benzene ring substituents is 1. The van der Waals surface area contributed by atoms with Crippen molar-refractivity contribution in [2.45, 2.75) is 13.3 Å². The van der Waals surface area contributed by atoms with Crippen LogP contribution in [0.5, 0.6) is 11.5 Å². The maximum absolute atomic E-state index is 11.9. The van der Waals surface area contributed by atoms with Gasteiger partial charge in [0.15, 0.2) is 5.75 Å². The first-order valence-electron chi connectivity index (χ1n) is 8.00. The van der Waals surface area contributed by atoms with Gasteiger partial charge in [0.05, 0.1) is 31.3 Å². The molecule has 1 amide bonds. The molecule has 2 aromatic carbocycles. The first-order valence-corrected chi connectivity index (χ1v) is 8.38. The van der Waals surface area contributed by atoms with E-state index in [1.807, 2.05) is 0 Å². The maximum Gasteiger partial charge on any atom is 0.315 e. The Morgan fingerprint density at radius 1 is 1.33 bits per heavy atom. The largest absolute Gasteiger partial charge is 0.490 e. The second-order valence-electron chi connectivity index (χ2n) is 5.36. The van der Waals surface area contributed by atoms with Crippen LogP contribution in [0, 0.1) is 10.1 Å². The minimum absolute atomic E-state index is 0.0331. The minimum Gasteiger partial charge on any atom is -0.490 e. The van der Waals surface area contributed by atoms with Crippen molar-refractivity contribution < 1.29 is 19.2 Å². The Morgan fingerprint density at radius 3 is 2.63 bits per heavy atom. The molecule has 0 atom stereocenters. The molecular weight excluding hydrogens is 374 g/mol. The van der Waals surface area contributed by atoms with Crippen molar-refractivity contribution >= 4 is 29.4 Å². The molecule has 0 heterocycles. The van der Waals surface area contributed by atoms with Crippen molar-refractivity contribution in [3.05, 3.63) is 62.7 Å². The summed E-state index contributed by atoms with van der Waals surface area (Å²) >= 11 is 5.80. The number of rotatable bonds is 8. The topological polar surface area (TPSA) is 103 Å². The summed E-state index contributed by atoms with van der Waals surface area (Å²) in [6.07, 6.45) is 1.43. The number of nitrogens with one attached hydrogen (secondary N) is 1. The lowest BCUT2D eigenvalue weighted by Gasteiger charge is -2.10. The molecule has 9 heteroatoms. The van der Waals surface area contributed by atoms with E-state index in [1.54, 1.807) is 37.3 Å². The summed E-state index contributed by atoms with van der Waals surface area (Å²) in [5.74, 6) is -0.0736. The molecule has 0 saturated heterocycles. The monoisotopic (exact) mass is 391 g/mol. The molecule has 1 N–H and O–H groups in total. The summed E-state index contributed by atoms with van der Waals surface area (Å²) in [6, 6.07) is 9.71. The number of nitro groups is 1. The third kappa shape index (κ3) is 5.68. The zero-order valence-corrected chi connectivity index (χ0v) is 15.5. The Bertz CT molecular complexity index is 853. The van der Waals surface area contributed by atoms with Gasteiger partial charge in [-0.05, 0) is 30.7 Å². The molecule has 0 radical (unpaired) electrons. The van der Waals surface area contributed by atoms with Crippen LogP contribution in [0.4, 0.5) is 5.69 Å². The van der Waals surface area contributed by atoms with Crippen LogP contribution in [0.25, 0.3) is 0 Å². The molecule has 8 nitrogen and oxygen atoms in total. The van der Waals surface area contributed by atoms with E-state index in [0.717, 1.165) is 5.56 Å². The highest BCUT2D eigenvalue weighted by Gasteiger charge is 2.21. The van der Waals surface area contributed by atoms with Crippen molar-refractivity contribution in [2.24, 2.45) is 5.10 Å². The lowest BCUT2D eigenvalue weighted by molar-refractivity contribution is -0.385. The van der Waals surface area contributed by atoms with Crippen molar-refractivity contribution in [3.63, 3.8) is 0 Å². The zero-order valence-electron chi connectivity index (χ0n) is 14.8. The summed E-state index contributed by atoms with van der Waals surface area (Å²) in [7, 11) is 1.33. The van der Waals surface area contributed by atoms with Crippen molar-refractivity contribution in [1.82, 2.24) is 5.43 Å². The third-order valence-electron chi connectivity index (χ3n) is 3.44. The predicted octanol–water partition coefficient (Wildman–Crippen LogP) is 3.35. The van der Waals surface area contributed by atoms with Gasteiger partial charge in [-0.15, -0.1) is 0 Å². The number of ether oxygens (including phenoxy) is 2. The van der Waals surface area contributed by atoms with Gasteiger partial charge in [0, 0.05) is 16.7 Å². The molecule has 27 heavy (non-hydrogen) atoms. The first-order chi connectivity index (χ1) is 12.9. The van der Waals surface area contributed by atoms with Crippen molar-refractivity contribution in [2.75, 3.05) is 13.7 Å². The van der Waals surface area contributed by atoms with Crippen LogP contribution in [0.1, 0.15) is 18.1 Å². The number of benzene rings is 2. The second-order valence-corrected chi connectivity index (χ2v) is 5.79. The summed E-state index contributed by atoms with van der Waals surface area (Å²) in [6.45, 7) is 2.06. The van der Waals surface area contributed by atoms with Crippen LogP contribution < -0.4 is 14.9 Å². The van der Waals surface area contributed by atoms with Gasteiger partial charge in [-0.3, -0.25) is 14.9 Å². The normalized spacial score (nSPS) is 10.6. The van der Waals surface area contributed by atoms with E-state index >= 15 is 0 Å². The van der Waals surface area contributed by atoms with E-state index in [1.165, 1.54) is 19.4 Å². The van der Waals surface area contributed by atoms with Gasteiger partial charge < -0.3 is 9.47 Å². The van der Waals surface area contributed by atoms with Crippen molar-refractivity contribution in [3.8, 4) is 11.5 Å². The Kier molecular flexibility index (Phi) is 7.13. The molecular formula is C18H18ClN3O5. The summed E-state index contributed by atoms with van der Waals surface area (Å²) < 4.78 is 10.5. The average Bonchev–Trinajstić information content (AvgIpc) is 2.63. The summed E-state index contributed by atoms with van der Waals surface area (Å²) in [4.78, 5) is 22.6. The number of hydrazone groups is 1. The van der Waals surface area contributed by atoms with Gasteiger partial charge in [-0.1, -0.05) is 23.7 Å². The molecule has 2 rings (SSSR count). The molecule has 0 fully saturated rings. The summed E-state index contributed by atoms with van der Waals surface area (Å²) in [5.41, 5.74) is 3.30. The molecule has 0 bridgehead atoms. The fourth-order valence-corrected chi connectivity index (χ4v) is 2.42. The van der Waals surface area contributed by atoms with Gasteiger partial charge in [0.2, 0.25) is 11.7 Å².